The maximum atomic E-state index is 4.39. The third kappa shape index (κ3) is 3.73. The zero-order valence-electron chi connectivity index (χ0n) is 14.1. The minimum Gasteiger partial charge on any atom is -0.353 e. The van der Waals surface area contributed by atoms with Crippen LogP contribution in [-0.4, -0.2) is 19.0 Å². The van der Waals surface area contributed by atoms with E-state index in [-0.39, 0.29) is 6.04 Å². The zero-order valence-corrected chi connectivity index (χ0v) is 14.1. The second-order valence-electron chi connectivity index (χ2n) is 6.30. The van der Waals surface area contributed by atoms with Crippen LogP contribution in [0.4, 0.5) is 0 Å². The summed E-state index contributed by atoms with van der Waals surface area (Å²) < 4.78 is 0. The molecule has 0 heterocycles. The smallest absolute Gasteiger partial charge is 0.191 e. The van der Waals surface area contributed by atoms with Gasteiger partial charge in [-0.05, 0) is 37.0 Å². The molecular weight excluding hydrogens is 282 g/mol. The van der Waals surface area contributed by atoms with E-state index >= 15 is 0 Å². The first-order valence-corrected chi connectivity index (χ1v) is 8.29. The molecule has 1 fully saturated rings. The topological polar surface area (TPSA) is 36.4 Å². The van der Waals surface area contributed by atoms with Gasteiger partial charge in [-0.25, -0.2) is 0 Å². The van der Waals surface area contributed by atoms with Crippen LogP contribution >= 0.6 is 0 Å². The summed E-state index contributed by atoms with van der Waals surface area (Å²) in [6, 6.07) is 19.9. The minimum atomic E-state index is 0.233. The molecule has 0 radical (unpaired) electrons. The van der Waals surface area contributed by atoms with E-state index in [1.54, 1.807) is 0 Å². The maximum Gasteiger partial charge on any atom is 0.191 e. The molecular formula is C20H25N3. The number of nitrogens with zero attached hydrogens (tertiary/aromatic N) is 1. The Morgan fingerprint density at radius 1 is 1.09 bits per heavy atom. The van der Waals surface area contributed by atoms with Gasteiger partial charge >= 0.3 is 0 Å². The molecule has 0 aliphatic heterocycles. The van der Waals surface area contributed by atoms with Gasteiger partial charge in [0.05, 0.1) is 6.04 Å². The number of hydrogen-bond acceptors (Lipinski definition) is 1. The lowest BCUT2D eigenvalue weighted by molar-refractivity contribution is 0.678. The average molecular weight is 307 g/mol. The first-order chi connectivity index (χ1) is 11.2. The SMILES string of the molecule is CN=C(NC(C)c1ccccc1C)NC1CC1c1ccccc1. The van der Waals surface area contributed by atoms with Gasteiger partial charge < -0.3 is 10.6 Å². The van der Waals surface area contributed by atoms with Crippen molar-refractivity contribution < 1.29 is 0 Å². The molecule has 3 heteroatoms. The summed E-state index contributed by atoms with van der Waals surface area (Å²) in [7, 11) is 1.83. The molecule has 0 aromatic heterocycles. The molecule has 1 aliphatic rings. The van der Waals surface area contributed by atoms with Gasteiger partial charge in [0.1, 0.15) is 0 Å². The largest absolute Gasteiger partial charge is 0.353 e. The van der Waals surface area contributed by atoms with Gasteiger partial charge in [-0.15, -0.1) is 0 Å². The Kier molecular flexibility index (Phi) is 4.65. The molecule has 2 aromatic rings. The van der Waals surface area contributed by atoms with Crippen LogP contribution in [0.1, 0.15) is 42.0 Å². The summed E-state index contributed by atoms with van der Waals surface area (Å²) in [6.45, 7) is 4.33. The van der Waals surface area contributed by atoms with Crippen molar-refractivity contribution in [2.24, 2.45) is 4.99 Å². The van der Waals surface area contributed by atoms with E-state index in [9.17, 15) is 0 Å². The Hall–Kier alpha value is -2.29. The van der Waals surface area contributed by atoms with E-state index in [0.29, 0.717) is 12.0 Å². The van der Waals surface area contributed by atoms with Crippen molar-refractivity contribution in [2.75, 3.05) is 7.05 Å². The average Bonchev–Trinajstić information content (AvgIpc) is 3.34. The van der Waals surface area contributed by atoms with E-state index in [4.69, 9.17) is 0 Å². The molecule has 3 rings (SSSR count). The van der Waals surface area contributed by atoms with Crippen LogP contribution in [0.3, 0.4) is 0 Å². The third-order valence-corrected chi connectivity index (χ3v) is 4.57. The normalized spacial score (nSPS) is 21.6. The number of benzene rings is 2. The van der Waals surface area contributed by atoms with Gasteiger partial charge in [0.15, 0.2) is 5.96 Å². The monoisotopic (exact) mass is 307 g/mol. The third-order valence-electron chi connectivity index (χ3n) is 4.57. The fraction of sp³-hybridized carbons (Fsp3) is 0.350. The number of aliphatic imine (C=N–C) groups is 1. The van der Waals surface area contributed by atoms with Crippen LogP contribution in [0.2, 0.25) is 0 Å². The van der Waals surface area contributed by atoms with Crippen molar-refractivity contribution in [2.45, 2.75) is 38.3 Å². The Labute approximate surface area is 138 Å². The Morgan fingerprint density at radius 3 is 2.48 bits per heavy atom. The highest BCUT2D eigenvalue weighted by Crippen LogP contribution is 2.40. The van der Waals surface area contributed by atoms with Crippen LogP contribution < -0.4 is 10.6 Å². The van der Waals surface area contributed by atoms with E-state index in [2.05, 4.69) is 84.1 Å². The molecule has 0 spiro atoms. The fourth-order valence-electron chi connectivity index (χ4n) is 3.12. The second kappa shape index (κ2) is 6.86. The molecule has 2 N–H and O–H groups in total. The summed E-state index contributed by atoms with van der Waals surface area (Å²) in [5, 5.41) is 7.05. The molecule has 0 amide bonds. The van der Waals surface area contributed by atoms with E-state index in [0.717, 1.165) is 5.96 Å². The molecule has 0 saturated heterocycles. The first kappa shape index (κ1) is 15.6. The van der Waals surface area contributed by atoms with Crippen LogP contribution in [0.25, 0.3) is 0 Å². The van der Waals surface area contributed by atoms with E-state index < -0.39 is 0 Å². The highest BCUT2D eigenvalue weighted by molar-refractivity contribution is 5.81. The molecule has 23 heavy (non-hydrogen) atoms. The van der Waals surface area contributed by atoms with Crippen LogP contribution in [0.15, 0.2) is 59.6 Å². The van der Waals surface area contributed by atoms with Crippen LogP contribution in [0.5, 0.6) is 0 Å². The van der Waals surface area contributed by atoms with Gasteiger partial charge in [0, 0.05) is 19.0 Å². The van der Waals surface area contributed by atoms with Crippen LogP contribution in [-0.2, 0) is 0 Å². The van der Waals surface area contributed by atoms with Crippen LogP contribution in [0, 0.1) is 6.92 Å². The minimum absolute atomic E-state index is 0.233. The fourth-order valence-corrected chi connectivity index (χ4v) is 3.12. The number of guanidine groups is 1. The molecule has 120 valence electrons. The lowest BCUT2D eigenvalue weighted by Crippen LogP contribution is -2.40. The Balaban J connectivity index is 1.59. The molecule has 0 bridgehead atoms. The van der Waals surface area contributed by atoms with E-state index in [1.807, 2.05) is 7.05 Å². The first-order valence-electron chi connectivity index (χ1n) is 8.29. The van der Waals surface area contributed by atoms with Crippen molar-refractivity contribution in [3.63, 3.8) is 0 Å². The van der Waals surface area contributed by atoms with Gasteiger partial charge in [-0.2, -0.15) is 0 Å². The molecule has 2 aromatic carbocycles. The summed E-state index contributed by atoms with van der Waals surface area (Å²) >= 11 is 0. The molecule has 1 aliphatic carbocycles. The maximum absolute atomic E-state index is 4.39. The lowest BCUT2D eigenvalue weighted by Gasteiger charge is -2.20. The standard InChI is InChI=1S/C20H25N3/c1-14-9-7-8-12-17(14)15(2)22-20(21-3)23-19-13-18(19)16-10-5-4-6-11-16/h4-12,15,18-19H,13H2,1-3H3,(H2,21,22,23). The van der Waals surface area contributed by atoms with Gasteiger partial charge in [-0.1, -0.05) is 54.6 Å². The van der Waals surface area contributed by atoms with Gasteiger partial charge in [-0.3, -0.25) is 4.99 Å². The highest BCUT2D eigenvalue weighted by Gasteiger charge is 2.38. The van der Waals surface area contributed by atoms with E-state index in [1.165, 1.54) is 23.1 Å². The Bertz CT molecular complexity index is 678. The number of aryl methyl sites for hydroxylation is 1. The predicted octanol–water partition coefficient (Wildman–Crippen LogP) is 3.78. The zero-order chi connectivity index (χ0) is 16.2. The van der Waals surface area contributed by atoms with Gasteiger partial charge in [0.2, 0.25) is 0 Å². The number of nitrogens with one attached hydrogen (secondary N) is 2. The van der Waals surface area contributed by atoms with Crippen molar-refractivity contribution >= 4 is 5.96 Å². The lowest BCUT2D eigenvalue weighted by atomic mass is 10.0. The molecule has 1 saturated carbocycles. The number of hydrogen-bond donors (Lipinski definition) is 2. The van der Waals surface area contributed by atoms with Crippen molar-refractivity contribution in [1.82, 2.24) is 10.6 Å². The summed E-state index contributed by atoms with van der Waals surface area (Å²) in [6.07, 6.45) is 1.17. The highest BCUT2D eigenvalue weighted by atomic mass is 15.2. The van der Waals surface area contributed by atoms with Gasteiger partial charge in [0.25, 0.3) is 0 Å². The molecule has 3 unspecified atom stereocenters. The van der Waals surface area contributed by atoms with Crippen molar-refractivity contribution in [3.05, 3.63) is 71.3 Å². The van der Waals surface area contributed by atoms with Crippen molar-refractivity contribution in [3.8, 4) is 0 Å². The quantitative estimate of drug-likeness (QED) is 0.666. The predicted molar refractivity (Wildman–Crippen MR) is 96.8 cm³/mol. The Morgan fingerprint density at radius 2 is 1.78 bits per heavy atom. The summed E-state index contributed by atoms with van der Waals surface area (Å²) in [4.78, 5) is 4.39. The van der Waals surface area contributed by atoms with Crippen molar-refractivity contribution in [1.29, 1.82) is 0 Å². The summed E-state index contributed by atoms with van der Waals surface area (Å²) in [5.41, 5.74) is 4.02. The molecule has 3 nitrogen and oxygen atoms in total. The second-order valence-corrected chi connectivity index (χ2v) is 6.30. The number of rotatable bonds is 4. The molecule has 3 atom stereocenters. The summed E-state index contributed by atoms with van der Waals surface area (Å²) in [5.74, 6) is 1.48.